The van der Waals surface area contributed by atoms with Gasteiger partial charge in [0, 0.05) is 44.0 Å². The SMILES string of the molecule is C=C(c1cc(COC(=O)COCC(C(=O)NCC)(C(=O)NCC)c2ccccc2)ccc1NC(=O)c1ccccc1-c1ccc(C(F)(F)F)cc1)N(C)C. The molecule has 54 heavy (non-hydrogen) atoms. The van der Waals surface area contributed by atoms with Gasteiger partial charge in [-0.1, -0.05) is 73.3 Å². The first-order valence-electron chi connectivity index (χ1n) is 17.2. The van der Waals surface area contributed by atoms with Crippen molar-refractivity contribution in [3.63, 3.8) is 0 Å². The summed E-state index contributed by atoms with van der Waals surface area (Å²) in [6.45, 7) is 7.00. The Kier molecular flexibility index (Phi) is 13.8. The zero-order valence-corrected chi connectivity index (χ0v) is 30.5. The first-order valence-corrected chi connectivity index (χ1v) is 17.2. The molecule has 0 heterocycles. The Hall–Kier alpha value is -5.95. The Morgan fingerprint density at radius 2 is 1.37 bits per heavy atom. The van der Waals surface area contributed by atoms with Gasteiger partial charge in [-0.3, -0.25) is 14.4 Å². The lowest BCUT2D eigenvalue weighted by Gasteiger charge is -2.31. The topological polar surface area (TPSA) is 126 Å². The van der Waals surface area contributed by atoms with E-state index in [0.29, 0.717) is 39.2 Å². The highest BCUT2D eigenvalue weighted by atomic mass is 19.4. The molecule has 3 N–H and O–H groups in total. The summed E-state index contributed by atoms with van der Waals surface area (Å²) in [6, 6.07) is 24.6. The molecule has 0 atom stereocenters. The third-order valence-corrected chi connectivity index (χ3v) is 8.53. The van der Waals surface area contributed by atoms with Gasteiger partial charge in [-0.15, -0.1) is 0 Å². The van der Waals surface area contributed by atoms with Crippen LogP contribution in [-0.2, 0) is 42.1 Å². The van der Waals surface area contributed by atoms with E-state index in [4.69, 9.17) is 9.47 Å². The van der Waals surface area contributed by atoms with Crippen molar-refractivity contribution >= 4 is 35.1 Å². The summed E-state index contributed by atoms with van der Waals surface area (Å²) in [7, 11) is 3.55. The average molecular weight is 745 g/mol. The highest BCUT2D eigenvalue weighted by Gasteiger charge is 2.47. The number of ether oxygens (including phenoxy) is 2. The van der Waals surface area contributed by atoms with Crippen LogP contribution in [0.2, 0.25) is 0 Å². The molecule has 3 amide bonds. The summed E-state index contributed by atoms with van der Waals surface area (Å²) < 4.78 is 50.6. The molecule has 4 aromatic rings. The largest absolute Gasteiger partial charge is 0.459 e. The average Bonchev–Trinajstić information content (AvgIpc) is 3.16. The van der Waals surface area contributed by atoms with E-state index >= 15 is 0 Å². The molecule has 0 saturated carbocycles. The molecule has 4 rings (SSSR count). The Balaban J connectivity index is 1.49. The third kappa shape index (κ3) is 9.72. The van der Waals surface area contributed by atoms with Crippen molar-refractivity contribution < 1.29 is 41.8 Å². The van der Waals surface area contributed by atoms with Gasteiger partial charge in [0.05, 0.1) is 17.9 Å². The number of nitrogens with zero attached hydrogens (tertiary/aromatic N) is 1. The number of likely N-dealkylation sites (N-methyl/N-ethyl adjacent to an activating group) is 2. The zero-order chi connectivity index (χ0) is 39.5. The number of alkyl halides is 3. The van der Waals surface area contributed by atoms with Gasteiger partial charge in [0.25, 0.3) is 5.91 Å². The van der Waals surface area contributed by atoms with E-state index in [1.807, 2.05) is 0 Å². The van der Waals surface area contributed by atoms with E-state index in [2.05, 4.69) is 22.5 Å². The van der Waals surface area contributed by atoms with E-state index < -0.39 is 54.1 Å². The Labute approximate surface area is 312 Å². The number of benzene rings is 4. The van der Waals surface area contributed by atoms with E-state index in [0.717, 1.165) is 12.1 Å². The minimum absolute atomic E-state index is 0.169. The van der Waals surface area contributed by atoms with E-state index in [-0.39, 0.29) is 25.3 Å². The fourth-order valence-corrected chi connectivity index (χ4v) is 5.65. The minimum atomic E-state index is -4.49. The number of anilines is 1. The smallest absolute Gasteiger partial charge is 0.416 e. The summed E-state index contributed by atoms with van der Waals surface area (Å²) in [5.74, 6) is -2.38. The van der Waals surface area contributed by atoms with Crippen LogP contribution in [0.25, 0.3) is 16.8 Å². The molecule has 0 aromatic heterocycles. The molecule has 0 saturated heterocycles. The number of rotatable bonds is 16. The van der Waals surface area contributed by atoms with Crippen molar-refractivity contribution in [2.75, 3.05) is 45.7 Å². The van der Waals surface area contributed by atoms with Gasteiger partial charge in [-0.25, -0.2) is 4.79 Å². The van der Waals surface area contributed by atoms with Crippen molar-refractivity contribution in [2.24, 2.45) is 0 Å². The van der Waals surface area contributed by atoms with Crippen LogP contribution < -0.4 is 16.0 Å². The van der Waals surface area contributed by atoms with Crippen molar-refractivity contribution in [2.45, 2.75) is 32.0 Å². The fourth-order valence-electron chi connectivity index (χ4n) is 5.65. The van der Waals surface area contributed by atoms with Crippen LogP contribution in [0.3, 0.4) is 0 Å². The van der Waals surface area contributed by atoms with Crippen LogP contribution in [0.15, 0.2) is 104 Å². The number of carbonyl (C=O) groups excluding carboxylic acids is 4. The summed E-state index contributed by atoms with van der Waals surface area (Å²) >= 11 is 0. The van der Waals surface area contributed by atoms with Crippen LogP contribution in [0.5, 0.6) is 0 Å². The highest BCUT2D eigenvalue weighted by Crippen LogP contribution is 2.33. The third-order valence-electron chi connectivity index (χ3n) is 8.53. The molecule has 13 heteroatoms. The minimum Gasteiger partial charge on any atom is -0.459 e. The van der Waals surface area contributed by atoms with Gasteiger partial charge < -0.3 is 30.3 Å². The van der Waals surface area contributed by atoms with Gasteiger partial charge in [0.1, 0.15) is 13.2 Å². The maximum absolute atomic E-state index is 13.6. The van der Waals surface area contributed by atoms with E-state index in [1.165, 1.54) is 12.1 Å². The van der Waals surface area contributed by atoms with Gasteiger partial charge >= 0.3 is 12.1 Å². The summed E-state index contributed by atoms with van der Waals surface area (Å²) in [6.07, 6.45) is -4.49. The molecular formula is C41H43F3N4O6. The van der Waals surface area contributed by atoms with Gasteiger partial charge in [-0.2, -0.15) is 13.2 Å². The zero-order valence-electron chi connectivity index (χ0n) is 30.5. The molecule has 284 valence electrons. The van der Waals surface area contributed by atoms with Crippen molar-refractivity contribution in [3.05, 3.63) is 131 Å². The van der Waals surface area contributed by atoms with E-state index in [9.17, 15) is 32.3 Å². The number of hydrogen-bond donors (Lipinski definition) is 3. The number of carbonyl (C=O) groups is 4. The molecule has 0 spiro atoms. The summed E-state index contributed by atoms with van der Waals surface area (Å²) in [5, 5.41) is 8.31. The van der Waals surface area contributed by atoms with Gasteiger partial charge in [0.2, 0.25) is 11.8 Å². The lowest BCUT2D eigenvalue weighted by atomic mass is 9.79. The molecule has 0 aliphatic heterocycles. The number of nitrogens with one attached hydrogen (secondary N) is 3. The monoisotopic (exact) mass is 744 g/mol. The molecule has 10 nitrogen and oxygen atoms in total. The summed E-state index contributed by atoms with van der Waals surface area (Å²) in [4.78, 5) is 55.0. The number of halogens is 3. The van der Waals surface area contributed by atoms with Crippen LogP contribution in [0.4, 0.5) is 18.9 Å². The predicted molar refractivity (Wildman–Crippen MR) is 200 cm³/mol. The second-order valence-corrected chi connectivity index (χ2v) is 12.4. The number of hydrogen-bond acceptors (Lipinski definition) is 7. The molecule has 0 aliphatic rings. The molecular weight excluding hydrogens is 701 g/mol. The Morgan fingerprint density at radius 1 is 0.759 bits per heavy atom. The van der Waals surface area contributed by atoms with Crippen LogP contribution in [0.1, 0.15) is 46.5 Å². The van der Waals surface area contributed by atoms with Crippen molar-refractivity contribution in [1.29, 1.82) is 0 Å². The van der Waals surface area contributed by atoms with Gasteiger partial charge in [-0.05, 0) is 66.4 Å². The molecule has 0 aliphatic carbocycles. The maximum Gasteiger partial charge on any atom is 0.416 e. The fraction of sp³-hybridized carbons (Fsp3) is 0.268. The maximum atomic E-state index is 13.6. The first kappa shape index (κ1) is 40.8. The van der Waals surface area contributed by atoms with Crippen LogP contribution in [-0.4, -0.2) is 69.0 Å². The molecule has 0 fully saturated rings. The Morgan fingerprint density at radius 3 is 1.96 bits per heavy atom. The second kappa shape index (κ2) is 18.2. The Bertz CT molecular complexity index is 1950. The number of esters is 1. The van der Waals surface area contributed by atoms with Gasteiger partial charge in [0.15, 0.2) is 5.41 Å². The molecule has 0 radical (unpaired) electrons. The quantitative estimate of drug-likeness (QED) is 0.0893. The lowest BCUT2D eigenvalue weighted by Crippen LogP contribution is -2.57. The second-order valence-electron chi connectivity index (χ2n) is 12.4. The standard InChI is InChI=1S/C41H43F3N4O6/c1-6-45-38(51)40(39(52)46-7-2,30-13-9-8-10-14-30)26-53-25-36(49)54-24-28-17-22-35(34(23-28)27(3)48(4)5)47-37(50)33-16-12-11-15-32(33)29-18-20-31(21-19-29)41(42,43)44/h8-23H,3,6-7,24-26H2,1-2,4-5H3,(H,45,51)(H,46,52)(H,47,50). The number of amides is 3. The predicted octanol–water partition coefficient (Wildman–Crippen LogP) is 6.43. The molecule has 0 unspecified atom stereocenters. The lowest BCUT2D eigenvalue weighted by molar-refractivity contribution is -0.154. The first-order chi connectivity index (χ1) is 25.7. The highest BCUT2D eigenvalue weighted by molar-refractivity contribution is 6.11. The van der Waals surface area contributed by atoms with E-state index in [1.54, 1.807) is 106 Å². The molecule has 4 aromatic carbocycles. The summed E-state index contributed by atoms with van der Waals surface area (Å²) in [5.41, 5.74) is 0.996. The van der Waals surface area contributed by atoms with Crippen molar-refractivity contribution in [3.8, 4) is 11.1 Å². The normalized spacial score (nSPS) is 11.3. The molecule has 0 bridgehead atoms. The van der Waals surface area contributed by atoms with Crippen LogP contribution >= 0.6 is 0 Å². The van der Waals surface area contributed by atoms with Crippen LogP contribution in [0, 0.1) is 0 Å². The van der Waals surface area contributed by atoms with Crippen molar-refractivity contribution in [1.82, 2.24) is 15.5 Å².